The Bertz CT molecular complexity index is 848. The fourth-order valence-electron chi connectivity index (χ4n) is 2.81. The zero-order chi connectivity index (χ0) is 18.8. The van der Waals surface area contributed by atoms with Gasteiger partial charge in [-0.2, -0.15) is 8.42 Å². The minimum absolute atomic E-state index is 0.118. The molecule has 2 unspecified atom stereocenters. The first-order valence-electron chi connectivity index (χ1n) is 7.86. The van der Waals surface area contributed by atoms with Crippen molar-refractivity contribution in [1.82, 2.24) is 0 Å². The standard InChI is InChI=1S/C18H22O5S2/c1-13(15-4-8-17(9-5-15)24(3,19)20)12-14(2)16-6-10-18(11-7-16)25(21,22)23/h4-11,13-14H,12H2,1-3H3,(H,21,22,23). The molecular formula is C18H22O5S2. The van der Waals surface area contributed by atoms with Crippen molar-refractivity contribution in [1.29, 1.82) is 0 Å². The monoisotopic (exact) mass is 382 g/mol. The van der Waals surface area contributed by atoms with Crippen molar-refractivity contribution in [3.05, 3.63) is 59.7 Å². The summed E-state index contributed by atoms with van der Waals surface area (Å²) < 4.78 is 54.2. The average Bonchev–Trinajstić information content (AvgIpc) is 2.53. The van der Waals surface area contributed by atoms with Gasteiger partial charge >= 0.3 is 0 Å². The molecule has 2 aromatic rings. The van der Waals surface area contributed by atoms with Crippen LogP contribution in [0.25, 0.3) is 0 Å². The molecule has 7 heteroatoms. The van der Waals surface area contributed by atoms with E-state index in [9.17, 15) is 16.8 Å². The van der Waals surface area contributed by atoms with E-state index in [-0.39, 0.29) is 16.7 Å². The quantitative estimate of drug-likeness (QED) is 0.771. The molecule has 2 aromatic carbocycles. The van der Waals surface area contributed by atoms with Crippen LogP contribution in [0.4, 0.5) is 0 Å². The summed E-state index contributed by atoms with van der Waals surface area (Å²) in [5.41, 5.74) is 2.03. The topological polar surface area (TPSA) is 88.5 Å². The van der Waals surface area contributed by atoms with E-state index in [2.05, 4.69) is 6.92 Å². The minimum Gasteiger partial charge on any atom is -0.282 e. The van der Waals surface area contributed by atoms with Crippen molar-refractivity contribution in [3.63, 3.8) is 0 Å². The SMILES string of the molecule is CC(CC(C)c1ccc(S(=O)(=O)O)cc1)c1ccc(S(C)(=O)=O)cc1. The van der Waals surface area contributed by atoms with Crippen LogP contribution in [-0.2, 0) is 20.0 Å². The zero-order valence-corrected chi connectivity index (χ0v) is 16.0. The van der Waals surface area contributed by atoms with E-state index in [4.69, 9.17) is 4.55 Å². The summed E-state index contributed by atoms with van der Waals surface area (Å²) in [4.78, 5) is 0.185. The molecule has 0 saturated carbocycles. The van der Waals surface area contributed by atoms with Gasteiger partial charge in [-0.3, -0.25) is 4.55 Å². The fraction of sp³-hybridized carbons (Fsp3) is 0.333. The highest BCUT2D eigenvalue weighted by Crippen LogP contribution is 2.30. The summed E-state index contributed by atoms with van der Waals surface area (Å²) in [6.07, 6.45) is 2.01. The normalized spacial score (nSPS) is 14.9. The fourth-order valence-corrected chi connectivity index (χ4v) is 3.92. The minimum atomic E-state index is -4.18. The number of rotatable bonds is 6. The molecule has 0 aliphatic carbocycles. The van der Waals surface area contributed by atoms with Gasteiger partial charge in [-0.25, -0.2) is 8.42 Å². The van der Waals surface area contributed by atoms with Gasteiger partial charge < -0.3 is 0 Å². The first-order valence-corrected chi connectivity index (χ1v) is 11.2. The van der Waals surface area contributed by atoms with Crippen LogP contribution in [-0.4, -0.2) is 27.6 Å². The van der Waals surface area contributed by atoms with Gasteiger partial charge in [-0.15, -0.1) is 0 Å². The van der Waals surface area contributed by atoms with Crippen LogP contribution in [0, 0.1) is 0 Å². The number of hydrogen-bond acceptors (Lipinski definition) is 4. The lowest BCUT2D eigenvalue weighted by atomic mass is 9.87. The Morgan fingerprint density at radius 1 is 0.760 bits per heavy atom. The van der Waals surface area contributed by atoms with Crippen molar-refractivity contribution >= 4 is 20.0 Å². The Morgan fingerprint density at radius 3 is 1.44 bits per heavy atom. The largest absolute Gasteiger partial charge is 0.294 e. The molecule has 0 bridgehead atoms. The average molecular weight is 383 g/mol. The highest BCUT2D eigenvalue weighted by Gasteiger charge is 2.15. The Kier molecular flexibility index (Phi) is 5.71. The van der Waals surface area contributed by atoms with Gasteiger partial charge in [0.25, 0.3) is 10.1 Å². The van der Waals surface area contributed by atoms with Crippen molar-refractivity contribution in [2.45, 2.75) is 41.9 Å². The third-order valence-electron chi connectivity index (χ3n) is 4.33. The molecule has 0 fully saturated rings. The summed E-state index contributed by atoms with van der Waals surface area (Å²) in [5, 5.41) is 0. The molecule has 0 spiro atoms. The second-order valence-corrected chi connectivity index (χ2v) is 9.86. The van der Waals surface area contributed by atoms with Crippen LogP contribution in [0.3, 0.4) is 0 Å². The molecule has 25 heavy (non-hydrogen) atoms. The van der Waals surface area contributed by atoms with Gasteiger partial charge in [0.2, 0.25) is 0 Å². The Labute approximate surface area is 149 Å². The van der Waals surface area contributed by atoms with Crippen LogP contribution >= 0.6 is 0 Å². The second-order valence-electron chi connectivity index (χ2n) is 6.42. The van der Waals surface area contributed by atoms with Crippen LogP contribution in [0.15, 0.2) is 58.3 Å². The first kappa shape index (κ1) is 19.6. The number of benzene rings is 2. The predicted molar refractivity (Wildman–Crippen MR) is 97.3 cm³/mol. The summed E-state index contributed by atoms with van der Waals surface area (Å²) in [6.45, 7) is 4.11. The molecule has 0 aliphatic heterocycles. The smallest absolute Gasteiger partial charge is 0.282 e. The van der Waals surface area contributed by atoms with E-state index in [0.717, 1.165) is 17.5 Å². The maximum atomic E-state index is 11.5. The van der Waals surface area contributed by atoms with Crippen molar-refractivity contribution in [2.24, 2.45) is 0 Å². The highest BCUT2D eigenvalue weighted by atomic mass is 32.2. The summed E-state index contributed by atoms with van der Waals surface area (Å²) >= 11 is 0. The van der Waals surface area contributed by atoms with Gasteiger partial charge in [0.15, 0.2) is 9.84 Å². The van der Waals surface area contributed by atoms with E-state index in [1.807, 2.05) is 19.1 Å². The maximum absolute atomic E-state index is 11.5. The van der Waals surface area contributed by atoms with E-state index in [0.29, 0.717) is 4.90 Å². The third kappa shape index (κ3) is 5.14. The highest BCUT2D eigenvalue weighted by molar-refractivity contribution is 7.90. The summed E-state index contributed by atoms with van der Waals surface area (Å²) in [6, 6.07) is 13.1. The van der Waals surface area contributed by atoms with E-state index >= 15 is 0 Å². The van der Waals surface area contributed by atoms with Crippen LogP contribution < -0.4 is 0 Å². The molecule has 0 aliphatic rings. The molecular weight excluding hydrogens is 360 g/mol. The van der Waals surface area contributed by atoms with Crippen molar-refractivity contribution in [3.8, 4) is 0 Å². The van der Waals surface area contributed by atoms with Gasteiger partial charge in [0, 0.05) is 6.26 Å². The molecule has 2 rings (SSSR count). The van der Waals surface area contributed by atoms with Crippen LogP contribution in [0.5, 0.6) is 0 Å². The van der Waals surface area contributed by atoms with E-state index < -0.39 is 20.0 Å². The van der Waals surface area contributed by atoms with Gasteiger partial charge in [0.1, 0.15) is 0 Å². The van der Waals surface area contributed by atoms with Crippen LogP contribution in [0.2, 0.25) is 0 Å². The predicted octanol–water partition coefficient (Wildman–Crippen LogP) is 3.63. The lowest BCUT2D eigenvalue weighted by molar-refractivity contribution is 0.483. The number of hydrogen-bond donors (Lipinski definition) is 1. The van der Waals surface area contributed by atoms with Crippen LogP contribution in [0.1, 0.15) is 43.2 Å². The van der Waals surface area contributed by atoms with Gasteiger partial charge in [0.05, 0.1) is 9.79 Å². The third-order valence-corrected chi connectivity index (χ3v) is 6.33. The van der Waals surface area contributed by atoms with Crippen molar-refractivity contribution in [2.75, 3.05) is 6.26 Å². The first-order chi connectivity index (χ1) is 11.5. The second kappa shape index (κ2) is 7.27. The summed E-state index contributed by atoms with van der Waals surface area (Å²) in [7, 11) is -7.37. The molecule has 0 radical (unpaired) electrons. The number of sulfone groups is 1. The molecule has 0 heterocycles. The Balaban J connectivity index is 2.10. The van der Waals surface area contributed by atoms with E-state index in [1.54, 1.807) is 24.3 Å². The lowest BCUT2D eigenvalue weighted by Crippen LogP contribution is -2.03. The van der Waals surface area contributed by atoms with Gasteiger partial charge in [-0.05, 0) is 53.6 Å². The molecule has 1 N–H and O–H groups in total. The van der Waals surface area contributed by atoms with Crippen molar-refractivity contribution < 1.29 is 21.4 Å². The molecule has 136 valence electrons. The Hall–Kier alpha value is -1.70. The zero-order valence-electron chi connectivity index (χ0n) is 14.4. The maximum Gasteiger partial charge on any atom is 0.294 e. The molecule has 0 saturated heterocycles. The molecule has 5 nitrogen and oxygen atoms in total. The van der Waals surface area contributed by atoms with E-state index in [1.165, 1.54) is 18.4 Å². The summed E-state index contributed by atoms with van der Waals surface area (Å²) in [5.74, 6) is 0.393. The Morgan fingerprint density at radius 2 is 1.12 bits per heavy atom. The lowest BCUT2D eigenvalue weighted by Gasteiger charge is -2.18. The molecule has 2 atom stereocenters. The van der Waals surface area contributed by atoms with Gasteiger partial charge in [-0.1, -0.05) is 38.1 Å². The molecule has 0 aromatic heterocycles. The molecule has 0 amide bonds.